The molecule has 3 N–H and O–H groups in total. The molecule has 0 radical (unpaired) electrons. The van der Waals surface area contributed by atoms with Crippen molar-refractivity contribution >= 4 is 11.6 Å². The Kier molecular flexibility index (Phi) is 4.03. The molecule has 1 aliphatic heterocycles. The minimum Gasteiger partial charge on any atom is -0.393 e. The number of hydrogen-bond acceptors (Lipinski definition) is 3. The van der Waals surface area contributed by atoms with Crippen LogP contribution < -0.4 is 10.6 Å². The quantitative estimate of drug-likeness (QED) is 0.765. The molecule has 4 heteroatoms. The van der Waals surface area contributed by atoms with Gasteiger partial charge in [0.25, 0.3) is 0 Å². The maximum Gasteiger partial charge on any atom is 0.227 e. The van der Waals surface area contributed by atoms with Crippen molar-refractivity contribution in [1.29, 1.82) is 0 Å². The SMILES string of the molecule is O=C(Nc1cccc2c1C[C@H](O)CC2)C1CCNCC1. The van der Waals surface area contributed by atoms with Crippen molar-refractivity contribution in [1.82, 2.24) is 5.32 Å². The van der Waals surface area contributed by atoms with E-state index in [1.807, 2.05) is 12.1 Å². The molecule has 4 nitrogen and oxygen atoms in total. The van der Waals surface area contributed by atoms with Crippen LogP contribution in [0, 0.1) is 5.92 Å². The van der Waals surface area contributed by atoms with Gasteiger partial charge in [0, 0.05) is 18.0 Å². The molecular formula is C16H22N2O2. The van der Waals surface area contributed by atoms with Crippen LogP contribution in [-0.2, 0) is 17.6 Å². The van der Waals surface area contributed by atoms with Gasteiger partial charge in [0.05, 0.1) is 6.10 Å². The van der Waals surface area contributed by atoms with E-state index in [9.17, 15) is 9.90 Å². The van der Waals surface area contributed by atoms with Crippen LogP contribution in [0.2, 0.25) is 0 Å². The second kappa shape index (κ2) is 5.94. The Balaban J connectivity index is 1.75. The van der Waals surface area contributed by atoms with E-state index in [2.05, 4.69) is 16.7 Å². The number of aryl methyl sites for hydroxylation is 1. The first kappa shape index (κ1) is 13.6. The standard InChI is InChI=1S/C16H22N2O2/c19-13-5-4-11-2-1-3-15(14(11)10-13)18-16(20)12-6-8-17-9-7-12/h1-3,12-13,17,19H,4-10H2,(H,18,20)/t13-/m1/s1. The second-order valence-electron chi connectivity index (χ2n) is 5.85. The zero-order valence-electron chi connectivity index (χ0n) is 11.7. The Morgan fingerprint density at radius 2 is 2.05 bits per heavy atom. The van der Waals surface area contributed by atoms with Gasteiger partial charge in [-0.1, -0.05) is 12.1 Å². The molecule has 0 unspecified atom stereocenters. The number of piperidine rings is 1. The largest absolute Gasteiger partial charge is 0.393 e. The highest BCUT2D eigenvalue weighted by Crippen LogP contribution is 2.28. The highest BCUT2D eigenvalue weighted by molar-refractivity contribution is 5.93. The molecule has 1 aromatic rings. The van der Waals surface area contributed by atoms with E-state index in [0.29, 0.717) is 6.42 Å². The third kappa shape index (κ3) is 2.86. The lowest BCUT2D eigenvalue weighted by atomic mass is 9.88. The van der Waals surface area contributed by atoms with E-state index < -0.39 is 0 Å². The van der Waals surface area contributed by atoms with E-state index in [-0.39, 0.29) is 17.9 Å². The van der Waals surface area contributed by atoms with Gasteiger partial charge in [0.1, 0.15) is 0 Å². The third-order valence-electron chi connectivity index (χ3n) is 4.43. The van der Waals surface area contributed by atoms with Gasteiger partial charge in [-0.05, 0) is 56.0 Å². The van der Waals surface area contributed by atoms with Crippen molar-refractivity contribution in [3.8, 4) is 0 Å². The molecule has 1 amide bonds. The van der Waals surface area contributed by atoms with E-state index in [0.717, 1.165) is 50.0 Å². The molecule has 0 bridgehead atoms. The normalized spacial score (nSPS) is 23.1. The Labute approximate surface area is 119 Å². The summed E-state index contributed by atoms with van der Waals surface area (Å²) in [5.74, 6) is 0.237. The molecule has 1 aromatic carbocycles. The molecule has 2 aliphatic rings. The van der Waals surface area contributed by atoms with Gasteiger partial charge in [-0.25, -0.2) is 0 Å². The fourth-order valence-electron chi connectivity index (χ4n) is 3.21. The summed E-state index contributed by atoms with van der Waals surface area (Å²) in [7, 11) is 0. The third-order valence-corrected chi connectivity index (χ3v) is 4.43. The molecule has 0 saturated carbocycles. The zero-order chi connectivity index (χ0) is 13.9. The number of amides is 1. The monoisotopic (exact) mass is 274 g/mol. The van der Waals surface area contributed by atoms with Crippen LogP contribution in [0.5, 0.6) is 0 Å². The first-order valence-corrected chi connectivity index (χ1v) is 7.54. The molecule has 20 heavy (non-hydrogen) atoms. The highest BCUT2D eigenvalue weighted by atomic mass is 16.3. The van der Waals surface area contributed by atoms with E-state index in [4.69, 9.17) is 0 Å². The lowest BCUT2D eigenvalue weighted by Crippen LogP contribution is -2.35. The van der Waals surface area contributed by atoms with Gasteiger partial charge < -0.3 is 15.7 Å². The molecule has 0 aromatic heterocycles. The number of aliphatic hydroxyl groups excluding tert-OH is 1. The Morgan fingerprint density at radius 3 is 2.85 bits per heavy atom. The molecule has 1 aliphatic carbocycles. The number of benzene rings is 1. The molecule has 1 atom stereocenters. The van der Waals surface area contributed by atoms with Gasteiger partial charge >= 0.3 is 0 Å². The number of carbonyl (C=O) groups excluding carboxylic acids is 1. The molecule has 108 valence electrons. The summed E-state index contributed by atoms with van der Waals surface area (Å²) in [6, 6.07) is 6.05. The van der Waals surface area contributed by atoms with Crippen LogP contribution in [0.1, 0.15) is 30.4 Å². The number of anilines is 1. The second-order valence-corrected chi connectivity index (χ2v) is 5.85. The summed E-state index contributed by atoms with van der Waals surface area (Å²) in [5.41, 5.74) is 3.27. The van der Waals surface area contributed by atoms with Crippen LogP contribution in [0.25, 0.3) is 0 Å². The summed E-state index contributed by atoms with van der Waals surface area (Å²) < 4.78 is 0. The van der Waals surface area contributed by atoms with Gasteiger partial charge in [-0.2, -0.15) is 0 Å². The van der Waals surface area contributed by atoms with Gasteiger partial charge in [-0.15, -0.1) is 0 Å². The lowest BCUT2D eigenvalue weighted by molar-refractivity contribution is -0.120. The fraction of sp³-hybridized carbons (Fsp3) is 0.562. The van der Waals surface area contributed by atoms with Crippen molar-refractivity contribution < 1.29 is 9.90 Å². The van der Waals surface area contributed by atoms with Crippen LogP contribution >= 0.6 is 0 Å². The van der Waals surface area contributed by atoms with Gasteiger partial charge in [0.15, 0.2) is 0 Å². The Hall–Kier alpha value is -1.39. The van der Waals surface area contributed by atoms with Crippen LogP contribution in [-0.4, -0.2) is 30.2 Å². The molecule has 3 rings (SSSR count). The van der Waals surface area contributed by atoms with Crippen LogP contribution in [0.15, 0.2) is 18.2 Å². The Morgan fingerprint density at radius 1 is 1.25 bits per heavy atom. The molecule has 1 saturated heterocycles. The van der Waals surface area contributed by atoms with Crippen LogP contribution in [0.4, 0.5) is 5.69 Å². The number of hydrogen-bond donors (Lipinski definition) is 3. The van der Waals surface area contributed by atoms with Crippen molar-refractivity contribution in [3.05, 3.63) is 29.3 Å². The van der Waals surface area contributed by atoms with Crippen molar-refractivity contribution in [3.63, 3.8) is 0 Å². The van der Waals surface area contributed by atoms with Gasteiger partial charge in [0.2, 0.25) is 5.91 Å². The number of carbonyl (C=O) groups is 1. The summed E-state index contributed by atoms with van der Waals surface area (Å²) in [6.45, 7) is 1.84. The summed E-state index contributed by atoms with van der Waals surface area (Å²) in [4.78, 5) is 12.3. The maximum absolute atomic E-state index is 12.3. The summed E-state index contributed by atoms with van der Waals surface area (Å²) in [6.07, 6.45) is 3.90. The smallest absolute Gasteiger partial charge is 0.227 e. The summed E-state index contributed by atoms with van der Waals surface area (Å²) in [5, 5.41) is 16.2. The van der Waals surface area contributed by atoms with E-state index in [1.165, 1.54) is 5.56 Å². The summed E-state index contributed by atoms with van der Waals surface area (Å²) >= 11 is 0. The molecular weight excluding hydrogens is 252 g/mol. The molecule has 0 spiro atoms. The van der Waals surface area contributed by atoms with Crippen molar-refractivity contribution in [2.75, 3.05) is 18.4 Å². The predicted molar refractivity (Wildman–Crippen MR) is 78.7 cm³/mol. The average Bonchev–Trinajstić information content (AvgIpc) is 2.49. The number of rotatable bonds is 2. The fourth-order valence-corrected chi connectivity index (χ4v) is 3.21. The molecule has 1 fully saturated rings. The van der Waals surface area contributed by atoms with Crippen LogP contribution in [0.3, 0.4) is 0 Å². The highest BCUT2D eigenvalue weighted by Gasteiger charge is 2.24. The van der Waals surface area contributed by atoms with Crippen molar-refractivity contribution in [2.45, 2.75) is 38.2 Å². The minimum atomic E-state index is -0.278. The predicted octanol–water partition coefficient (Wildman–Crippen LogP) is 1.47. The van der Waals surface area contributed by atoms with Crippen molar-refractivity contribution in [2.24, 2.45) is 5.92 Å². The Bertz CT molecular complexity index is 495. The number of nitrogens with one attached hydrogen (secondary N) is 2. The zero-order valence-corrected chi connectivity index (χ0v) is 11.7. The number of fused-ring (bicyclic) bond motifs is 1. The minimum absolute atomic E-state index is 0.112. The topological polar surface area (TPSA) is 61.4 Å². The molecule has 1 heterocycles. The lowest BCUT2D eigenvalue weighted by Gasteiger charge is -2.25. The maximum atomic E-state index is 12.3. The van der Waals surface area contributed by atoms with Gasteiger partial charge in [-0.3, -0.25) is 4.79 Å². The first-order valence-electron chi connectivity index (χ1n) is 7.54. The average molecular weight is 274 g/mol. The van der Waals surface area contributed by atoms with E-state index in [1.54, 1.807) is 0 Å². The first-order chi connectivity index (χ1) is 9.74. The van der Waals surface area contributed by atoms with E-state index >= 15 is 0 Å². The number of aliphatic hydroxyl groups is 1.